The van der Waals surface area contributed by atoms with Crippen molar-refractivity contribution >= 4 is 5.97 Å². The highest BCUT2D eigenvalue weighted by molar-refractivity contribution is 5.85. The van der Waals surface area contributed by atoms with E-state index >= 15 is 0 Å². The quantitative estimate of drug-likeness (QED) is 0.460. The van der Waals surface area contributed by atoms with Gasteiger partial charge >= 0.3 is 5.97 Å². The average Bonchev–Trinajstić information content (AvgIpc) is 1.82. The van der Waals surface area contributed by atoms with E-state index in [-0.39, 0.29) is 5.57 Å². The molecule has 0 atom stereocenters. The van der Waals surface area contributed by atoms with Gasteiger partial charge in [-0.1, -0.05) is 18.7 Å². The summed E-state index contributed by atoms with van der Waals surface area (Å²) in [4.78, 5) is 10.1. The lowest BCUT2D eigenvalue weighted by atomic mass is 10.2. The smallest absolute Gasteiger partial charge is 0.331 e. The van der Waals surface area contributed by atoms with Crippen LogP contribution in [-0.4, -0.2) is 11.1 Å². The second-order valence-electron chi connectivity index (χ2n) is 1.68. The van der Waals surface area contributed by atoms with E-state index in [1.54, 1.807) is 12.2 Å². The van der Waals surface area contributed by atoms with Crippen molar-refractivity contribution in [2.24, 2.45) is 0 Å². The first-order chi connectivity index (χ1) is 4.18. The van der Waals surface area contributed by atoms with E-state index < -0.39 is 5.97 Å². The van der Waals surface area contributed by atoms with Gasteiger partial charge < -0.3 is 5.11 Å². The fourth-order valence-corrected chi connectivity index (χ4v) is 0.347. The zero-order valence-corrected chi connectivity index (χ0v) is 5.42. The molecule has 0 aromatic carbocycles. The van der Waals surface area contributed by atoms with Crippen LogP contribution in [0.1, 0.15) is 13.3 Å². The number of carbonyl (C=O) groups is 1. The fraction of sp³-hybridized carbons (Fsp3) is 0.286. The van der Waals surface area contributed by atoms with Gasteiger partial charge in [0.15, 0.2) is 0 Å². The van der Waals surface area contributed by atoms with Crippen molar-refractivity contribution in [1.82, 2.24) is 0 Å². The molecular weight excluding hydrogens is 116 g/mol. The molecule has 0 aliphatic carbocycles. The second-order valence-corrected chi connectivity index (χ2v) is 1.68. The number of allylic oxidation sites excluding steroid dienone is 2. The maximum atomic E-state index is 10.1. The van der Waals surface area contributed by atoms with Gasteiger partial charge in [-0.05, 0) is 13.3 Å². The van der Waals surface area contributed by atoms with Crippen LogP contribution in [0.15, 0.2) is 24.3 Å². The lowest BCUT2D eigenvalue weighted by molar-refractivity contribution is -0.132. The molecule has 0 aliphatic rings. The fourth-order valence-electron chi connectivity index (χ4n) is 0.347. The number of carboxylic acids is 1. The van der Waals surface area contributed by atoms with E-state index in [9.17, 15) is 4.79 Å². The average molecular weight is 126 g/mol. The van der Waals surface area contributed by atoms with Gasteiger partial charge in [0.1, 0.15) is 0 Å². The predicted molar refractivity (Wildman–Crippen MR) is 36.2 cm³/mol. The van der Waals surface area contributed by atoms with Crippen LogP contribution in [0, 0.1) is 0 Å². The molecule has 0 aliphatic heterocycles. The minimum atomic E-state index is -0.923. The molecule has 50 valence electrons. The summed E-state index contributed by atoms with van der Waals surface area (Å²) in [6.45, 7) is 5.18. The summed E-state index contributed by atoms with van der Waals surface area (Å²) in [6.07, 6.45) is 4.00. The molecule has 9 heavy (non-hydrogen) atoms. The zero-order valence-electron chi connectivity index (χ0n) is 5.42. The highest BCUT2D eigenvalue weighted by Crippen LogP contribution is 1.97. The van der Waals surface area contributed by atoms with E-state index in [1.165, 1.54) is 0 Å². The summed E-state index contributed by atoms with van der Waals surface area (Å²) in [7, 11) is 0. The molecule has 0 unspecified atom stereocenters. The molecule has 0 heterocycles. The second kappa shape index (κ2) is 3.89. The standard InChI is InChI=1S/C7H10O2/c1-3-4-5-6(2)7(8)9/h3-4H,2,5H2,1H3,(H,8,9). The van der Waals surface area contributed by atoms with Crippen molar-refractivity contribution in [2.75, 3.05) is 0 Å². The van der Waals surface area contributed by atoms with E-state index in [4.69, 9.17) is 5.11 Å². The molecule has 0 aromatic heterocycles. The molecule has 2 heteroatoms. The van der Waals surface area contributed by atoms with Crippen LogP contribution in [-0.2, 0) is 4.79 Å². The Hall–Kier alpha value is -1.05. The van der Waals surface area contributed by atoms with Crippen LogP contribution in [0.4, 0.5) is 0 Å². The highest BCUT2D eigenvalue weighted by atomic mass is 16.4. The third-order valence-electron chi connectivity index (χ3n) is 0.902. The van der Waals surface area contributed by atoms with E-state index in [0.29, 0.717) is 6.42 Å². The Morgan fingerprint density at radius 3 is 2.67 bits per heavy atom. The molecule has 0 bridgehead atoms. The Morgan fingerprint density at radius 1 is 1.78 bits per heavy atom. The number of aliphatic carboxylic acids is 1. The van der Waals surface area contributed by atoms with E-state index in [2.05, 4.69) is 6.58 Å². The molecule has 0 radical (unpaired) electrons. The number of hydrogen-bond acceptors (Lipinski definition) is 1. The van der Waals surface area contributed by atoms with Crippen molar-refractivity contribution in [1.29, 1.82) is 0 Å². The Labute approximate surface area is 54.5 Å². The SMILES string of the molecule is C=C(CC=CC)C(=O)O. The first-order valence-electron chi connectivity index (χ1n) is 2.70. The van der Waals surface area contributed by atoms with Crippen molar-refractivity contribution < 1.29 is 9.90 Å². The molecule has 1 N–H and O–H groups in total. The third kappa shape index (κ3) is 3.53. The maximum Gasteiger partial charge on any atom is 0.331 e. The molecule has 0 rings (SSSR count). The summed E-state index contributed by atoms with van der Waals surface area (Å²) < 4.78 is 0. The van der Waals surface area contributed by atoms with Crippen LogP contribution in [0.5, 0.6) is 0 Å². The van der Waals surface area contributed by atoms with Crippen LogP contribution in [0.2, 0.25) is 0 Å². The monoisotopic (exact) mass is 126 g/mol. The van der Waals surface area contributed by atoms with Gasteiger partial charge in [0.2, 0.25) is 0 Å². The lowest BCUT2D eigenvalue weighted by Gasteiger charge is -1.90. The topological polar surface area (TPSA) is 37.3 Å². The van der Waals surface area contributed by atoms with Gasteiger partial charge in [0, 0.05) is 5.57 Å². The van der Waals surface area contributed by atoms with Crippen LogP contribution < -0.4 is 0 Å². The molecule has 0 aromatic rings. The number of rotatable bonds is 3. The maximum absolute atomic E-state index is 10.1. The summed E-state index contributed by atoms with van der Waals surface area (Å²) >= 11 is 0. The molecular formula is C7H10O2. The predicted octanol–water partition coefficient (Wildman–Crippen LogP) is 1.59. The lowest BCUT2D eigenvalue weighted by Crippen LogP contribution is -1.96. The summed E-state index contributed by atoms with van der Waals surface area (Å²) in [5.41, 5.74) is 0.230. The van der Waals surface area contributed by atoms with Gasteiger partial charge in [0.25, 0.3) is 0 Å². The minimum Gasteiger partial charge on any atom is -0.478 e. The summed E-state index contributed by atoms with van der Waals surface area (Å²) in [5, 5.41) is 8.28. The van der Waals surface area contributed by atoms with E-state index in [1.807, 2.05) is 6.92 Å². The molecule has 0 amide bonds. The van der Waals surface area contributed by atoms with Crippen LogP contribution in [0.3, 0.4) is 0 Å². The van der Waals surface area contributed by atoms with Crippen molar-refractivity contribution in [3.8, 4) is 0 Å². The highest BCUT2D eigenvalue weighted by Gasteiger charge is 1.98. The largest absolute Gasteiger partial charge is 0.478 e. The number of hydrogen-bond donors (Lipinski definition) is 1. The summed E-state index contributed by atoms with van der Waals surface area (Å²) in [5.74, 6) is -0.923. The number of carboxylic acid groups (broad SMARTS) is 1. The Bertz CT molecular complexity index is 145. The normalized spacial score (nSPS) is 9.89. The van der Waals surface area contributed by atoms with Gasteiger partial charge in [-0.3, -0.25) is 0 Å². The molecule has 0 saturated carbocycles. The van der Waals surface area contributed by atoms with Gasteiger partial charge in [-0.2, -0.15) is 0 Å². The van der Waals surface area contributed by atoms with Crippen LogP contribution >= 0.6 is 0 Å². The zero-order chi connectivity index (χ0) is 7.28. The minimum absolute atomic E-state index is 0.230. The van der Waals surface area contributed by atoms with Gasteiger partial charge in [-0.15, -0.1) is 0 Å². The van der Waals surface area contributed by atoms with Crippen molar-refractivity contribution in [2.45, 2.75) is 13.3 Å². The first kappa shape index (κ1) is 7.95. The molecule has 2 nitrogen and oxygen atoms in total. The van der Waals surface area contributed by atoms with Gasteiger partial charge in [-0.25, -0.2) is 4.79 Å². The molecule has 0 fully saturated rings. The Balaban J connectivity index is 3.65. The molecule has 0 saturated heterocycles. The third-order valence-corrected chi connectivity index (χ3v) is 0.902. The van der Waals surface area contributed by atoms with E-state index in [0.717, 1.165) is 0 Å². The first-order valence-corrected chi connectivity index (χ1v) is 2.70. The van der Waals surface area contributed by atoms with Crippen LogP contribution in [0.25, 0.3) is 0 Å². The molecule has 0 spiro atoms. The van der Waals surface area contributed by atoms with Crippen molar-refractivity contribution in [3.05, 3.63) is 24.3 Å². The Kier molecular flexibility index (Phi) is 3.44. The van der Waals surface area contributed by atoms with Crippen molar-refractivity contribution in [3.63, 3.8) is 0 Å². The summed E-state index contributed by atoms with van der Waals surface area (Å²) in [6, 6.07) is 0. The van der Waals surface area contributed by atoms with Gasteiger partial charge in [0.05, 0.1) is 0 Å². The Morgan fingerprint density at radius 2 is 2.33 bits per heavy atom.